The number of likely N-dealkylation sites (N-methyl/N-ethyl adjacent to an activating group) is 3. The van der Waals surface area contributed by atoms with Crippen molar-refractivity contribution in [2.75, 3.05) is 80.0 Å². The number of hydroxylamine groups is 2. The number of hydrogen-bond donors (Lipinski definition) is 10. The zero-order valence-electron chi connectivity index (χ0n) is 41.6. The average molecular weight is 1040 g/mol. The Bertz CT molecular complexity index is 2090. The Kier molecular flexibility index (Phi) is 27.9. The highest BCUT2D eigenvalue weighted by Gasteiger charge is 2.35. The van der Waals surface area contributed by atoms with Crippen LogP contribution in [-0.2, 0) is 52.8 Å². The number of carbonyl (C=O) groups is 12. The zero-order valence-corrected chi connectivity index (χ0v) is 41.6. The van der Waals surface area contributed by atoms with Crippen LogP contribution in [0.15, 0.2) is 24.3 Å². The van der Waals surface area contributed by atoms with E-state index in [1.54, 1.807) is 0 Å². The standard InChI is InChI=1S/C46H70N10O17/c1-5-53(3)23-24-54(4)25-26-55(22-21-47-2)28-35(57)48-20-7-6-11-34(45(70)71)52-44(69)33(14-19-40(64)65)51-43(68)32(13-18-39(62)63)50-42(67)31(12-17-38(60)61)49-41(66)29-9-8-10-30(27-29)46(72)73-56-36(58)15-16-37(56)59/h8-10,27,31-34,47H,5-7,11-26,28H2,1-4H3,(H,48,57)(H,49,66)(H,50,67)(H,51,68)(H,52,69)(H,60,61)(H,62,63)(H,64,65)(H,70,71)/t31-,32-,33-,34-/m1/s1. The number of nitrogens with one attached hydrogen (secondary N) is 6. The molecule has 27 nitrogen and oxygen atoms in total. The number of benzene rings is 1. The van der Waals surface area contributed by atoms with E-state index in [2.05, 4.69) is 48.6 Å². The molecule has 27 heteroatoms. The number of amides is 7. The molecule has 2 rings (SSSR count). The van der Waals surface area contributed by atoms with Crippen LogP contribution in [0.3, 0.4) is 0 Å². The molecule has 406 valence electrons. The van der Waals surface area contributed by atoms with Gasteiger partial charge in [0.15, 0.2) is 0 Å². The van der Waals surface area contributed by atoms with E-state index in [9.17, 15) is 78.0 Å². The maximum atomic E-state index is 13.7. The third kappa shape index (κ3) is 24.3. The van der Waals surface area contributed by atoms with Gasteiger partial charge in [-0.3, -0.25) is 52.8 Å². The number of carboxylic acids is 4. The van der Waals surface area contributed by atoms with E-state index in [1.807, 2.05) is 26.0 Å². The average Bonchev–Trinajstić information content (AvgIpc) is 3.66. The fraction of sp³-hybridized carbons (Fsp3) is 0.609. The van der Waals surface area contributed by atoms with E-state index in [0.29, 0.717) is 26.1 Å². The predicted octanol–water partition coefficient (Wildman–Crippen LogP) is -2.17. The highest BCUT2D eigenvalue weighted by molar-refractivity contribution is 6.04. The van der Waals surface area contributed by atoms with E-state index in [1.165, 1.54) is 18.2 Å². The topological polar surface area (TPSA) is 380 Å². The molecule has 10 N–H and O–H groups in total. The van der Waals surface area contributed by atoms with Crippen molar-refractivity contribution in [2.24, 2.45) is 0 Å². The second-order valence-electron chi connectivity index (χ2n) is 17.3. The summed E-state index contributed by atoms with van der Waals surface area (Å²) in [6, 6.07) is -2.19. The molecule has 1 aromatic rings. The van der Waals surface area contributed by atoms with Crippen LogP contribution in [0.25, 0.3) is 0 Å². The van der Waals surface area contributed by atoms with Gasteiger partial charge in [-0.05, 0) is 84.4 Å². The zero-order chi connectivity index (χ0) is 54.6. The SMILES string of the molecule is CCN(C)CCN(C)CCN(CCNC)CC(=O)NCCCC[C@@H](NC(=O)[C@@H](CCC(=O)O)NC(=O)[C@@H](CCC(=O)O)NC(=O)[C@@H](CCC(=O)O)NC(=O)c1cccc(C(=O)ON2C(=O)CCC2=O)c1)C(=O)O. The lowest BCUT2D eigenvalue weighted by Gasteiger charge is -2.26. The van der Waals surface area contributed by atoms with Crippen molar-refractivity contribution in [3.05, 3.63) is 35.4 Å². The van der Waals surface area contributed by atoms with Crippen LogP contribution in [0.2, 0.25) is 0 Å². The highest BCUT2D eigenvalue weighted by atomic mass is 16.7. The van der Waals surface area contributed by atoms with Crippen LogP contribution in [-0.4, -0.2) is 216 Å². The van der Waals surface area contributed by atoms with Gasteiger partial charge >= 0.3 is 29.8 Å². The number of unbranched alkanes of at least 4 members (excludes halogenated alkanes) is 1. The number of imide groups is 1. The molecule has 0 spiro atoms. The molecule has 0 unspecified atom stereocenters. The molecule has 0 saturated carbocycles. The molecular formula is C46H70N10O17. The van der Waals surface area contributed by atoms with Gasteiger partial charge in [-0.1, -0.05) is 13.0 Å². The second-order valence-corrected chi connectivity index (χ2v) is 17.3. The largest absolute Gasteiger partial charge is 0.481 e. The van der Waals surface area contributed by atoms with Crippen molar-refractivity contribution >= 4 is 71.2 Å². The lowest BCUT2D eigenvalue weighted by Crippen LogP contribution is -2.58. The molecule has 1 aromatic carbocycles. The predicted molar refractivity (Wildman–Crippen MR) is 256 cm³/mol. The third-order valence-electron chi connectivity index (χ3n) is 11.5. The Labute approximate surface area is 422 Å². The van der Waals surface area contributed by atoms with Crippen LogP contribution >= 0.6 is 0 Å². The number of carboxylic acid groups (broad SMARTS) is 4. The minimum absolute atomic E-state index is 0.136. The second kappa shape index (κ2) is 32.8. The van der Waals surface area contributed by atoms with Crippen LogP contribution in [0.1, 0.15) is 98.3 Å². The maximum absolute atomic E-state index is 13.7. The first-order chi connectivity index (χ1) is 34.5. The van der Waals surface area contributed by atoms with Gasteiger partial charge in [0.1, 0.15) is 24.2 Å². The van der Waals surface area contributed by atoms with Crippen molar-refractivity contribution in [2.45, 2.75) is 102 Å². The van der Waals surface area contributed by atoms with Crippen molar-refractivity contribution < 1.29 is 82.8 Å². The van der Waals surface area contributed by atoms with Gasteiger partial charge < -0.3 is 67.0 Å². The first-order valence-electron chi connectivity index (χ1n) is 23.8. The Balaban J connectivity index is 2.14. The number of rotatable bonds is 37. The van der Waals surface area contributed by atoms with Gasteiger partial charge in [0.2, 0.25) is 23.6 Å². The van der Waals surface area contributed by atoms with E-state index in [4.69, 9.17) is 4.84 Å². The molecule has 1 aliphatic rings. The summed E-state index contributed by atoms with van der Waals surface area (Å²) in [4.78, 5) is 162. The molecule has 1 saturated heterocycles. The number of nitrogens with zero attached hydrogens (tertiary/aromatic N) is 4. The number of aliphatic carboxylic acids is 4. The van der Waals surface area contributed by atoms with E-state index >= 15 is 0 Å². The first-order valence-corrected chi connectivity index (χ1v) is 23.8. The van der Waals surface area contributed by atoms with Gasteiger partial charge in [0.05, 0.1) is 12.1 Å². The summed E-state index contributed by atoms with van der Waals surface area (Å²) in [6.45, 7) is 7.82. The molecule has 1 aliphatic heterocycles. The summed E-state index contributed by atoms with van der Waals surface area (Å²) < 4.78 is 0. The van der Waals surface area contributed by atoms with Crippen molar-refractivity contribution in [3.63, 3.8) is 0 Å². The van der Waals surface area contributed by atoms with Crippen molar-refractivity contribution in [3.8, 4) is 0 Å². The smallest absolute Gasteiger partial charge is 0.363 e. The van der Waals surface area contributed by atoms with Gasteiger partial charge in [-0.15, -0.1) is 5.06 Å². The Morgan fingerprint density at radius 2 is 1.12 bits per heavy atom. The van der Waals surface area contributed by atoms with Gasteiger partial charge in [0.25, 0.3) is 17.7 Å². The Morgan fingerprint density at radius 1 is 0.630 bits per heavy atom. The van der Waals surface area contributed by atoms with Crippen LogP contribution < -0.4 is 31.9 Å². The fourth-order valence-electron chi connectivity index (χ4n) is 6.93. The molecule has 0 aromatic heterocycles. The molecule has 7 amide bonds. The monoisotopic (exact) mass is 1030 g/mol. The van der Waals surface area contributed by atoms with E-state index in [0.717, 1.165) is 32.2 Å². The summed E-state index contributed by atoms with van der Waals surface area (Å²) in [5.74, 6) is -13.2. The quantitative estimate of drug-likeness (QED) is 0.0250. The third-order valence-corrected chi connectivity index (χ3v) is 11.5. The molecule has 1 heterocycles. The molecular weight excluding hydrogens is 965 g/mol. The lowest BCUT2D eigenvalue weighted by molar-refractivity contribution is -0.172. The molecule has 0 bridgehead atoms. The van der Waals surface area contributed by atoms with E-state index in [-0.39, 0.29) is 60.9 Å². The molecule has 0 radical (unpaired) electrons. The maximum Gasteiger partial charge on any atom is 0.363 e. The summed E-state index contributed by atoms with van der Waals surface area (Å²) in [5.41, 5.74) is -0.576. The lowest BCUT2D eigenvalue weighted by atomic mass is 10.0. The molecule has 4 atom stereocenters. The summed E-state index contributed by atoms with van der Waals surface area (Å²) in [6.07, 6.45) is -3.95. The van der Waals surface area contributed by atoms with Crippen molar-refractivity contribution in [1.82, 2.24) is 51.7 Å². The minimum Gasteiger partial charge on any atom is -0.481 e. The first kappa shape index (κ1) is 62.0. The Morgan fingerprint density at radius 3 is 1.63 bits per heavy atom. The summed E-state index contributed by atoms with van der Waals surface area (Å²) >= 11 is 0. The molecule has 0 aliphatic carbocycles. The van der Waals surface area contributed by atoms with Gasteiger partial charge in [-0.2, -0.15) is 0 Å². The Hall–Kier alpha value is -7.10. The molecule has 73 heavy (non-hydrogen) atoms. The van der Waals surface area contributed by atoms with Crippen LogP contribution in [0.5, 0.6) is 0 Å². The number of hydrogen-bond acceptors (Lipinski definition) is 17. The summed E-state index contributed by atoms with van der Waals surface area (Å²) in [5, 5.41) is 53.4. The van der Waals surface area contributed by atoms with Crippen LogP contribution in [0.4, 0.5) is 0 Å². The number of carbonyl (C=O) groups excluding carboxylic acids is 8. The van der Waals surface area contributed by atoms with E-state index < -0.39 is 128 Å². The normalized spacial score (nSPS) is 14.0. The molecule has 1 fully saturated rings. The highest BCUT2D eigenvalue weighted by Crippen LogP contribution is 2.16. The fourth-order valence-corrected chi connectivity index (χ4v) is 6.93. The minimum atomic E-state index is -1.80. The van der Waals surface area contributed by atoms with Gasteiger partial charge in [0, 0.05) is 83.5 Å². The van der Waals surface area contributed by atoms with Crippen LogP contribution in [0, 0.1) is 0 Å². The summed E-state index contributed by atoms with van der Waals surface area (Å²) in [7, 11) is 5.87. The van der Waals surface area contributed by atoms with Crippen molar-refractivity contribution in [1.29, 1.82) is 0 Å². The van der Waals surface area contributed by atoms with Gasteiger partial charge in [-0.25, -0.2) is 9.59 Å².